The number of H-pyrrole nitrogens is 1. The summed E-state index contributed by atoms with van der Waals surface area (Å²) >= 11 is 0. The molecule has 156 valence electrons. The van der Waals surface area contributed by atoms with Gasteiger partial charge in [0.25, 0.3) is 5.56 Å². The lowest BCUT2D eigenvalue weighted by Crippen LogP contribution is -2.40. The quantitative estimate of drug-likeness (QED) is 0.508. The number of hydrogen-bond donors (Lipinski definition) is 1. The minimum atomic E-state index is -0.433. The molecule has 1 N–H and O–H groups in total. The van der Waals surface area contributed by atoms with E-state index >= 15 is 0 Å². The van der Waals surface area contributed by atoms with Crippen LogP contribution in [0.5, 0.6) is 0 Å². The summed E-state index contributed by atoms with van der Waals surface area (Å²) in [6.45, 7) is 4.18. The van der Waals surface area contributed by atoms with Gasteiger partial charge in [0.05, 0.1) is 23.4 Å². The van der Waals surface area contributed by atoms with Gasteiger partial charge in [-0.3, -0.25) is 9.59 Å². The van der Waals surface area contributed by atoms with Gasteiger partial charge < -0.3 is 9.88 Å². The van der Waals surface area contributed by atoms with Crippen molar-refractivity contribution in [3.8, 4) is 0 Å². The highest BCUT2D eigenvalue weighted by Crippen LogP contribution is 2.28. The number of benzene rings is 3. The molecule has 0 atom stereocenters. The Balaban J connectivity index is 1.73. The van der Waals surface area contributed by atoms with E-state index in [1.165, 1.54) is 0 Å². The molecule has 3 aromatic carbocycles. The predicted octanol–water partition coefficient (Wildman–Crippen LogP) is 4.49. The summed E-state index contributed by atoms with van der Waals surface area (Å²) in [6.07, 6.45) is 0. The average Bonchev–Trinajstić information content (AvgIpc) is 2.79. The van der Waals surface area contributed by atoms with Gasteiger partial charge in [-0.05, 0) is 37.1 Å². The first-order valence-corrected chi connectivity index (χ1v) is 10.4. The third-order valence-electron chi connectivity index (χ3n) is 5.40. The van der Waals surface area contributed by atoms with Crippen LogP contribution in [-0.4, -0.2) is 26.8 Å². The van der Waals surface area contributed by atoms with Crippen molar-refractivity contribution in [2.75, 3.05) is 0 Å². The Bertz CT molecular complexity index is 1190. The van der Waals surface area contributed by atoms with Crippen molar-refractivity contribution in [3.63, 3.8) is 0 Å². The number of carbonyl (C=O) groups is 1. The summed E-state index contributed by atoms with van der Waals surface area (Å²) < 4.78 is 0. The van der Waals surface area contributed by atoms with Gasteiger partial charge in [-0.15, -0.1) is 0 Å². The summed E-state index contributed by atoms with van der Waals surface area (Å²) in [5.74, 6) is 0.0193. The van der Waals surface area contributed by atoms with Crippen LogP contribution in [0.2, 0.25) is 0 Å². The fourth-order valence-electron chi connectivity index (χ4n) is 3.82. The molecule has 4 aromatic rings. The SMILES string of the molecule is CC(C)N(Cc1nc2ccccc2c(=O)[nH]1)C(=O)C(c1ccccc1)c1ccccc1. The molecular weight excluding hydrogens is 386 g/mol. The second-order valence-corrected chi connectivity index (χ2v) is 7.84. The van der Waals surface area contributed by atoms with Gasteiger partial charge >= 0.3 is 0 Å². The molecule has 0 fully saturated rings. The lowest BCUT2D eigenvalue weighted by atomic mass is 9.89. The molecule has 0 aliphatic heterocycles. The summed E-state index contributed by atoms with van der Waals surface area (Å²) in [5, 5.41) is 0.542. The zero-order valence-electron chi connectivity index (χ0n) is 17.7. The van der Waals surface area contributed by atoms with Crippen molar-refractivity contribution in [2.24, 2.45) is 0 Å². The Kier molecular flexibility index (Phi) is 5.94. The molecule has 0 aliphatic carbocycles. The third-order valence-corrected chi connectivity index (χ3v) is 5.40. The first-order chi connectivity index (χ1) is 15.0. The fraction of sp³-hybridized carbons (Fsp3) is 0.192. The van der Waals surface area contributed by atoms with Crippen molar-refractivity contribution >= 4 is 16.8 Å². The van der Waals surface area contributed by atoms with Gasteiger partial charge in [-0.2, -0.15) is 0 Å². The van der Waals surface area contributed by atoms with E-state index in [9.17, 15) is 9.59 Å². The number of aromatic amines is 1. The van der Waals surface area contributed by atoms with Gasteiger partial charge in [-0.25, -0.2) is 4.98 Å². The highest BCUT2D eigenvalue weighted by Gasteiger charge is 2.29. The Labute approximate surface area is 181 Å². The smallest absolute Gasteiger partial charge is 0.258 e. The monoisotopic (exact) mass is 411 g/mol. The van der Waals surface area contributed by atoms with Gasteiger partial charge in [0.1, 0.15) is 5.82 Å². The number of carbonyl (C=O) groups excluding carboxylic acids is 1. The molecule has 0 saturated carbocycles. The van der Waals surface area contributed by atoms with Gasteiger partial charge in [-0.1, -0.05) is 72.8 Å². The van der Waals surface area contributed by atoms with E-state index in [1.54, 1.807) is 11.0 Å². The Morgan fingerprint density at radius 3 is 2.00 bits per heavy atom. The highest BCUT2D eigenvalue weighted by atomic mass is 16.2. The molecule has 0 radical (unpaired) electrons. The fourth-order valence-corrected chi connectivity index (χ4v) is 3.82. The molecule has 0 bridgehead atoms. The second-order valence-electron chi connectivity index (χ2n) is 7.84. The van der Waals surface area contributed by atoms with Crippen molar-refractivity contribution in [3.05, 3.63) is 112 Å². The maximum Gasteiger partial charge on any atom is 0.258 e. The maximum absolute atomic E-state index is 13.8. The number of nitrogens with zero attached hydrogens (tertiary/aromatic N) is 2. The summed E-state index contributed by atoms with van der Waals surface area (Å²) in [6, 6.07) is 26.7. The van der Waals surface area contributed by atoms with Gasteiger partial charge in [0.2, 0.25) is 5.91 Å². The number of aromatic nitrogens is 2. The highest BCUT2D eigenvalue weighted by molar-refractivity contribution is 5.87. The molecule has 1 amide bonds. The van der Waals surface area contributed by atoms with E-state index in [0.717, 1.165) is 11.1 Å². The predicted molar refractivity (Wildman–Crippen MR) is 123 cm³/mol. The molecular formula is C26H25N3O2. The largest absolute Gasteiger partial charge is 0.332 e. The maximum atomic E-state index is 13.8. The van der Waals surface area contributed by atoms with Crippen molar-refractivity contribution in [1.29, 1.82) is 0 Å². The van der Waals surface area contributed by atoms with E-state index in [2.05, 4.69) is 9.97 Å². The summed E-state index contributed by atoms with van der Waals surface area (Å²) in [5.41, 5.74) is 2.30. The molecule has 0 aliphatic rings. The van der Waals surface area contributed by atoms with Crippen LogP contribution in [0.3, 0.4) is 0 Å². The number of hydrogen-bond acceptors (Lipinski definition) is 3. The second kappa shape index (κ2) is 8.96. The van der Waals surface area contributed by atoms with E-state index in [1.807, 2.05) is 92.7 Å². The van der Waals surface area contributed by atoms with Crippen LogP contribution in [0.4, 0.5) is 0 Å². The topological polar surface area (TPSA) is 66.1 Å². The van der Waals surface area contributed by atoms with Crippen LogP contribution < -0.4 is 5.56 Å². The Hall–Kier alpha value is -3.73. The number of amides is 1. The molecule has 1 aromatic heterocycles. The lowest BCUT2D eigenvalue weighted by Gasteiger charge is -2.31. The van der Waals surface area contributed by atoms with Gasteiger partial charge in [0, 0.05) is 6.04 Å². The number of para-hydroxylation sites is 1. The molecule has 0 unspecified atom stereocenters. The first kappa shape index (κ1) is 20.5. The molecule has 0 saturated heterocycles. The molecule has 5 heteroatoms. The van der Waals surface area contributed by atoms with E-state index < -0.39 is 5.92 Å². The van der Waals surface area contributed by atoms with E-state index in [4.69, 9.17) is 0 Å². The van der Waals surface area contributed by atoms with E-state index in [0.29, 0.717) is 16.7 Å². The van der Waals surface area contributed by atoms with Gasteiger partial charge in [0.15, 0.2) is 0 Å². The minimum Gasteiger partial charge on any atom is -0.332 e. The number of fused-ring (bicyclic) bond motifs is 1. The number of rotatable bonds is 6. The molecule has 0 spiro atoms. The van der Waals surface area contributed by atoms with Crippen LogP contribution in [0.15, 0.2) is 89.7 Å². The zero-order valence-corrected chi connectivity index (χ0v) is 17.7. The first-order valence-electron chi connectivity index (χ1n) is 10.4. The lowest BCUT2D eigenvalue weighted by molar-refractivity contribution is -0.134. The zero-order chi connectivity index (χ0) is 21.8. The van der Waals surface area contributed by atoms with Crippen LogP contribution in [0.25, 0.3) is 10.9 Å². The van der Waals surface area contributed by atoms with Crippen LogP contribution in [0.1, 0.15) is 36.7 Å². The number of nitrogens with one attached hydrogen (secondary N) is 1. The standard InChI is InChI=1S/C26H25N3O2/c1-18(2)29(17-23-27-22-16-10-9-15-21(22)25(30)28-23)26(31)24(19-11-5-3-6-12-19)20-13-7-4-8-14-20/h3-16,18,24H,17H2,1-2H3,(H,27,28,30). The van der Waals surface area contributed by atoms with Crippen molar-refractivity contribution in [2.45, 2.75) is 32.4 Å². The minimum absolute atomic E-state index is 0.0248. The van der Waals surface area contributed by atoms with Crippen molar-refractivity contribution in [1.82, 2.24) is 14.9 Å². The molecule has 1 heterocycles. The van der Waals surface area contributed by atoms with Crippen LogP contribution in [0, 0.1) is 0 Å². The van der Waals surface area contributed by atoms with Crippen molar-refractivity contribution < 1.29 is 4.79 Å². The average molecular weight is 412 g/mol. The molecule has 5 nitrogen and oxygen atoms in total. The summed E-state index contributed by atoms with van der Waals surface area (Å²) in [4.78, 5) is 35.6. The Morgan fingerprint density at radius 2 is 1.42 bits per heavy atom. The molecule has 4 rings (SSSR count). The summed E-state index contributed by atoms with van der Waals surface area (Å²) in [7, 11) is 0. The van der Waals surface area contributed by atoms with Crippen LogP contribution >= 0.6 is 0 Å². The normalized spacial score (nSPS) is 11.2. The van der Waals surface area contributed by atoms with E-state index in [-0.39, 0.29) is 24.1 Å². The Morgan fingerprint density at radius 1 is 0.871 bits per heavy atom. The van der Waals surface area contributed by atoms with Crippen LogP contribution in [-0.2, 0) is 11.3 Å². The molecule has 31 heavy (non-hydrogen) atoms. The third kappa shape index (κ3) is 4.40.